The van der Waals surface area contributed by atoms with Gasteiger partial charge in [-0.3, -0.25) is 4.79 Å². The van der Waals surface area contributed by atoms with E-state index in [-0.39, 0.29) is 24.0 Å². The van der Waals surface area contributed by atoms with Crippen molar-refractivity contribution in [3.8, 4) is 22.6 Å². The number of phenols is 1. The quantitative estimate of drug-likeness (QED) is 0.371. The Kier molecular flexibility index (Phi) is 6.74. The highest BCUT2D eigenvalue weighted by atomic mass is 16.5. The van der Waals surface area contributed by atoms with E-state index in [1.807, 2.05) is 24.3 Å². The lowest BCUT2D eigenvalue weighted by Gasteiger charge is -2.14. The molecule has 4 rings (SSSR count). The van der Waals surface area contributed by atoms with Crippen LogP contribution in [0.25, 0.3) is 17.2 Å². The van der Waals surface area contributed by atoms with E-state index in [0.717, 1.165) is 0 Å². The molecule has 6 nitrogen and oxygen atoms in total. The molecule has 0 aliphatic heterocycles. The van der Waals surface area contributed by atoms with E-state index in [9.17, 15) is 14.7 Å². The summed E-state index contributed by atoms with van der Waals surface area (Å²) in [5, 5.41) is 12.9. The van der Waals surface area contributed by atoms with Crippen molar-refractivity contribution < 1.29 is 24.2 Å². The van der Waals surface area contributed by atoms with Gasteiger partial charge in [-0.1, -0.05) is 60.7 Å². The molecule has 3 aromatic rings. The maximum Gasteiger partial charge on any atom is 0.407 e. The summed E-state index contributed by atoms with van der Waals surface area (Å²) in [6, 6.07) is 19.4. The van der Waals surface area contributed by atoms with Gasteiger partial charge in [0, 0.05) is 23.6 Å². The van der Waals surface area contributed by atoms with Gasteiger partial charge in [0.1, 0.15) is 12.9 Å². The average molecular weight is 443 g/mol. The van der Waals surface area contributed by atoms with E-state index in [1.165, 1.54) is 35.4 Å². The van der Waals surface area contributed by atoms with Gasteiger partial charge in [0.25, 0.3) is 0 Å². The van der Waals surface area contributed by atoms with Crippen LogP contribution in [0.3, 0.4) is 0 Å². The van der Waals surface area contributed by atoms with Gasteiger partial charge in [-0.25, -0.2) is 4.79 Å². The molecular formula is C27H25NO5. The highest BCUT2D eigenvalue weighted by Crippen LogP contribution is 2.44. The van der Waals surface area contributed by atoms with Crippen LogP contribution in [0.1, 0.15) is 39.4 Å². The number of hydrogen-bond donors (Lipinski definition) is 2. The molecule has 6 heteroatoms. The lowest BCUT2D eigenvalue weighted by atomic mass is 9.98. The fourth-order valence-corrected chi connectivity index (χ4v) is 4.12. The molecular weight excluding hydrogens is 418 g/mol. The summed E-state index contributed by atoms with van der Waals surface area (Å²) in [6.07, 6.45) is 4.23. The first-order valence-corrected chi connectivity index (χ1v) is 10.7. The average Bonchev–Trinajstić information content (AvgIpc) is 3.17. The zero-order chi connectivity index (χ0) is 23.2. The molecule has 33 heavy (non-hydrogen) atoms. The number of carbonyl (C=O) groups is 2. The van der Waals surface area contributed by atoms with Gasteiger partial charge in [0.2, 0.25) is 0 Å². The zero-order valence-electron chi connectivity index (χ0n) is 18.3. The van der Waals surface area contributed by atoms with Crippen molar-refractivity contribution in [1.29, 1.82) is 0 Å². The summed E-state index contributed by atoms with van der Waals surface area (Å²) < 4.78 is 10.6. The minimum Gasteiger partial charge on any atom is -0.504 e. The Morgan fingerprint density at radius 2 is 1.73 bits per heavy atom. The lowest BCUT2D eigenvalue weighted by Crippen LogP contribution is -2.26. The Labute approximate surface area is 192 Å². The molecule has 0 unspecified atom stereocenters. The number of aromatic hydroxyl groups is 1. The molecule has 0 saturated carbocycles. The minimum atomic E-state index is -0.474. The molecule has 0 bridgehead atoms. The van der Waals surface area contributed by atoms with E-state index in [0.29, 0.717) is 30.4 Å². The number of rotatable bonds is 8. The van der Waals surface area contributed by atoms with Crippen molar-refractivity contribution in [3.63, 3.8) is 0 Å². The number of nitrogens with one attached hydrogen (secondary N) is 1. The van der Waals surface area contributed by atoms with Crippen molar-refractivity contribution in [2.75, 3.05) is 20.3 Å². The Morgan fingerprint density at radius 1 is 1.06 bits per heavy atom. The minimum absolute atomic E-state index is 0.0195. The largest absolute Gasteiger partial charge is 0.504 e. The van der Waals surface area contributed by atoms with Gasteiger partial charge in [-0.2, -0.15) is 0 Å². The van der Waals surface area contributed by atoms with E-state index < -0.39 is 6.09 Å². The van der Waals surface area contributed by atoms with E-state index in [4.69, 9.17) is 9.47 Å². The Bertz CT molecular complexity index is 1160. The van der Waals surface area contributed by atoms with Crippen LogP contribution < -0.4 is 10.1 Å². The van der Waals surface area contributed by atoms with Crippen molar-refractivity contribution in [1.82, 2.24) is 5.32 Å². The molecule has 3 aromatic carbocycles. The summed E-state index contributed by atoms with van der Waals surface area (Å²) in [5.41, 5.74) is 5.58. The van der Waals surface area contributed by atoms with Gasteiger partial charge in [0.15, 0.2) is 11.5 Å². The predicted molar refractivity (Wildman–Crippen MR) is 127 cm³/mol. The van der Waals surface area contributed by atoms with Crippen LogP contribution in [0.4, 0.5) is 4.79 Å². The lowest BCUT2D eigenvalue weighted by molar-refractivity contribution is 0.112. The predicted octanol–water partition coefficient (Wildman–Crippen LogP) is 5.16. The van der Waals surface area contributed by atoms with Crippen LogP contribution in [0, 0.1) is 0 Å². The van der Waals surface area contributed by atoms with Crippen molar-refractivity contribution in [2.45, 2.75) is 12.3 Å². The number of benzene rings is 3. The first kappa shape index (κ1) is 22.1. The third kappa shape index (κ3) is 4.75. The molecule has 0 spiro atoms. The van der Waals surface area contributed by atoms with Gasteiger partial charge >= 0.3 is 6.09 Å². The van der Waals surface area contributed by atoms with E-state index in [2.05, 4.69) is 29.6 Å². The maximum absolute atomic E-state index is 12.2. The number of ether oxygens (including phenoxy) is 2. The number of carbonyl (C=O) groups excluding carboxylic acids is 2. The molecule has 0 saturated heterocycles. The number of hydrogen-bond acceptors (Lipinski definition) is 5. The van der Waals surface area contributed by atoms with Crippen LogP contribution in [-0.2, 0) is 4.74 Å². The molecule has 0 radical (unpaired) electrons. The van der Waals surface area contributed by atoms with Crippen LogP contribution in [-0.4, -0.2) is 37.7 Å². The molecule has 168 valence electrons. The first-order chi connectivity index (χ1) is 16.1. The fraction of sp³-hybridized carbons (Fsp3) is 0.185. The molecule has 1 aliphatic carbocycles. The Hall–Kier alpha value is -4.06. The number of methoxy groups -OCH3 is 1. The molecule has 1 aliphatic rings. The first-order valence-electron chi connectivity index (χ1n) is 10.7. The highest BCUT2D eigenvalue weighted by molar-refractivity contribution is 5.80. The van der Waals surface area contributed by atoms with Crippen LogP contribution in [0.5, 0.6) is 11.5 Å². The number of aldehydes is 1. The molecule has 0 fully saturated rings. The molecule has 0 heterocycles. The smallest absolute Gasteiger partial charge is 0.407 e. The standard InChI is InChI=1S/C27H25NO5/c1-32-25-15-18(16-29)14-19(26(25)30)8-6-7-13-28-27(31)33-17-24-22-11-4-2-9-20(22)21-10-3-5-12-23(21)24/h2-6,8-12,14-16,24,30H,7,13,17H2,1H3,(H,28,31). The van der Waals surface area contributed by atoms with Gasteiger partial charge in [0.05, 0.1) is 7.11 Å². The second kappa shape index (κ2) is 10.0. The third-order valence-corrected chi connectivity index (χ3v) is 5.70. The van der Waals surface area contributed by atoms with Crippen LogP contribution in [0.2, 0.25) is 0 Å². The van der Waals surface area contributed by atoms with E-state index in [1.54, 1.807) is 18.2 Å². The van der Waals surface area contributed by atoms with Gasteiger partial charge < -0.3 is 19.9 Å². The molecule has 0 aromatic heterocycles. The van der Waals surface area contributed by atoms with Gasteiger partial charge in [-0.05, 0) is 40.8 Å². The summed E-state index contributed by atoms with van der Waals surface area (Å²) >= 11 is 0. The monoisotopic (exact) mass is 443 g/mol. The second-order valence-corrected chi connectivity index (χ2v) is 7.72. The van der Waals surface area contributed by atoms with Crippen LogP contribution in [0.15, 0.2) is 66.7 Å². The second-order valence-electron chi connectivity index (χ2n) is 7.72. The number of amides is 1. The van der Waals surface area contributed by atoms with Crippen molar-refractivity contribution in [2.24, 2.45) is 0 Å². The SMILES string of the molecule is COc1cc(C=O)cc(C=CCCNC(=O)OCC2c3ccccc3-c3ccccc32)c1O. The van der Waals surface area contributed by atoms with E-state index >= 15 is 0 Å². The van der Waals surface area contributed by atoms with Crippen molar-refractivity contribution >= 4 is 18.5 Å². The molecule has 1 amide bonds. The van der Waals surface area contributed by atoms with Gasteiger partial charge in [-0.15, -0.1) is 0 Å². The number of alkyl carbamates (subject to hydrolysis) is 1. The molecule has 2 N–H and O–H groups in total. The molecule has 0 atom stereocenters. The summed E-state index contributed by atoms with van der Waals surface area (Å²) in [5.74, 6) is 0.214. The third-order valence-electron chi connectivity index (χ3n) is 5.70. The topological polar surface area (TPSA) is 84.9 Å². The maximum atomic E-state index is 12.2. The van der Waals surface area contributed by atoms with Crippen LogP contribution >= 0.6 is 0 Å². The summed E-state index contributed by atoms with van der Waals surface area (Å²) in [4.78, 5) is 23.3. The summed E-state index contributed by atoms with van der Waals surface area (Å²) in [6.45, 7) is 0.639. The zero-order valence-corrected chi connectivity index (χ0v) is 18.3. The Morgan fingerprint density at radius 3 is 2.36 bits per heavy atom. The number of phenolic OH excluding ortho intramolecular Hbond substituents is 1. The highest BCUT2D eigenvalue weighted by Gasteiger charge is 2.28. The van der Waals surface area contributed by atoms with Crippen molar-refractivity contribution in [3.05, 3.63) is 89.0 Å². The normalized spacial score (nSPS) is 12.3. The Balaban J connectivity index is 1.29. The number of fused-ring (bicyclic) bond motifs is 3. The fourth-order valence-electron chi connectivity index (χ4n) is 4.12. The summed E-state index contributed by atoms with van der Waals surface area (Å²) in [7, 11) is 1.43.